The van der Waals surface area contributed by atoms with Crippen molar-refractivity contribution in [1.29, 1.82) is 0 Å². The molecule has 3 aromatic carbocycles. The molecule has 1 N–H and O–H groups in total. The number of aryl methyl sites for hydroxylation is 1. The average Bonchev–Trinajstić information content (AvgIpc) is 2.69. The van der Waals surface area contributed by atoms with Crippen molar-refractivity contribution in [2.24, 2.45) is 0 Å². The highest BCUT2D eigenvalue weighted by molar-refractivity contribution is 6.00. The number of benzene rings is 3. The average molecular weight is 359 g/mol. The van der Waals surface area contributed by atoms with Crippen LogP contribution in [0.15, 0.2) is 78.9 Å². The number of anilines is 1. The molecule has 0 aliphatic rings. The summed E-state index contributed by atoms with van der Waals surface area (Å²) in [6.45, 7) is 1.99. The van der Waals surface area contributed by atoms with Crippen LogP contribution in [0.5, 0.6) is 11.5 Å². The molecule has 0 radical (unpaired) electrons. The molecule has 136 valence electrons. The minimum absolute atomic E-state index is 0.0692. The van der Waals surface area contributed by atoms with Gasteiger partial charge in [0.2, 0.25) is 5.91 Å². The normalized spacial score (nSPS) is 10.3. The topological polar surface area (TPSA) is 55.4 Å². The Bertz CT molecular complexity index is 901. The molecule has 0 bridgehead atoms. The number of hydrogen-bond acceptors (Lipinski definition) is 3. The summed E-state index contributed by atoms with van der Waals surface area (Å²) in [6, 6.07) is 24.0. The van der Waals surface area contributed by atoms with Crippen molar-refractivity contribution >= 4 is 17.4 Å². The number of ketones is 1. The third kappa shape index (κ3) is 5.54. The molecule has 4 nitrogen and oxygen atoms in total. The number of rotatable bonds is 7. The smallest absolute Gasteiger partial charge is 0.224 e. The largest absolute Gasteiger partial charge is 0.457 e. The molecule has 1 amide bonds. The summed E-state index contributed by atoms with van der Waals surface area (Å²) < 4.78 is 5.71. The molecule has 0 spiro atoms. The van der Waals surface area contributed by atoms with Crippen molar-refractivity contribution in [3.8, 4) is 11.5 Å². The maximum Gasteiger partial charge on any atom is 0.224 e. The first-order valence-corrected chi connectivity index (χ1v) is 8.83. The molecule has 0 aromatic heterocycles. The first-order chi connectivity index (χ1) is 13.1. The van der Waals surface area contributed by atoms with Gasteiger partial charge in [-0.3, -0.25) is 9.59 Å². The van der Waals surface area contributed by atoms with E-state index >= 15 is 0 Å². The van der Waals surface area contributed by atoms with E-state index in [1.807, 2.05) is 61.5 Å². The van der Waals surface area contributed by atoms with Gasteiger partial charge in [0.15, 0.2) is 5.78 Å². The second-order valence-electron chi connectivity index (χ2n) is 6.28. The van der Waals surface area contributed by atoms with E-state index < -0.39 is 0 Å². The van der Waals surface area contributed by atoms with Crippen molar-refractivity contribution in [2.75, 3.05) is 5.32 Å². The van der Waals surface area contributed by atoms with E-state index in [1.165, 1.54) is 0 Å². The Morgan fingerprint density at radius 3 is 2.07 bits per heavy atom. The lowest BCUT2D eigenvalue weighted by molar-refractivity contribution is -0.116. The fraction of sp³-hybridized carbons (Fsp3) is 0.130. The Morgan fingerprint density at radius 1 is 0.778 bits per heavy atom. The van der Waals surface area contributed by atoms with Crippen molar-refractivity contribution < 1.29 is 14.3 Å². The molecule has 0 atom stereocenters. The van der Waals surface area contributed by atoms with E-state index in [1.54, 1.807) is 24.3 Å². The summed E-state index contributed by atoms with van der Waals surface area (Å²) in [4.78, 5) is 24.3. The second kappa shape index (κ2) is 8.81. The zero-order valence-corrected chi connectivity index (χ0v) is 15.1. The summed E-state index contributed by atoms with van der Waals surface area (Å²) in [5, 5.41) is 2.80. The molecule has 4 heteroatoms. The van der Waals surface area contributed by atoms with Gasteiger partial charge in [0.1, 0.15) is 11.5 Å². The fourth-order valence-corrected chi connectivity index (χ4v) is 2.57. The Morgan fingerprint density at radius 2 is 1.41 bits per heavy atom. The second-order valence-corrected chi connectivity index (χ2v) is 6.28. The summed E-state index contributed by atoms with van der Waals surface area (Å²) in [5.41, 5.74) is 2.43. The predicted octanol–water partition coefficient (Wildman–Crippen LogP) is 5.39. The van der Waals surface area contributed by atoms with Crippen LogP contribution in [0.1, 0.15) is 28.8 Å². The lowest BCUT2D eigenvalue weighted by Gasteiger charge is -2.07. The maximum absolute atomic E-state index is 12.3. The molecular formula is C23H21NO3. The number of Topliss-reactive ketones (excluding diaryl/α,β-unsaturated/α-hetero) is 1. The first kappa shape index (κ1) is 18.4. The zero-order chi connectivity index (χ0) is 19.1. The van der Waals surface area contributed by atoms with Gasteiger partial charge in [0, 0.05) is 24.1 Å². The molecule has 0 saturated heterocycles. The van der Waals surface area contributed by atoms with Gasteiger partial charge in [-0.25, -0.2) is 0 Å². The number of carbonyl (C=O) groups excluding carboxylic acids is 2. The van der Waals surface area contributed by atoms with Crippen LogP contribution in [0.2, 0.25) is 0 Å². The van der Waals surface area contributed by atoms with Gasteiger partial charge in [0.25, 0.3) is 0 Å². The molecule has 0 heterocycles. The monoisotopic (exact) mass is 359 g/mol. The molecular weight excluding hydrogens is 338 g/mol. The molecule has 0 fully saturated rings. The molecule has 27 heavy (non-hydrogen) atoms. The van der Waals surface area contributed by atoms with Gasteiger partial charge in [-0.05, 0) is 55.5 Å². The van der Waals surface area contributed by atoms with E-state index in [4.69, 9.17) is 4.74 Å². The highest BCUT2D eigenvalue weighted by Gasteiger charge is 2.10. The zero-order valence-electron chi connectivity index (χ0n) is 15.1. The number of carbonyl (C=O) groups is 2. The minimum Gasteiger partial charge on any atom is -0.457 e. The molecule has 0 unspecified atom stereocenters. The van der Waals surface area contributed by atoms with Gasteiger partial charge in [-0.1, -0.05) is 35.9 Å². The van der Waals surface area contributed by atoms with Crippen molar-refractivity contribution in [3.05, 3.63) is 90.0 Å². The van der Waals surface area contributed by atoms with E-state index in [0.29, 0.717) is 11.3 Å². The standard InChI is InChI=1S/C23H21NO3/c1-17-7-11-19(12-8-17)24-23(26)16-15-22(25)18-9-13-21(14-10-18)27-20-5-3-2-4-6-20/h2-14H,15-16H2,1H3,(H,24,26). The third-order valence-corrected chi connectivity index (χ3v) is 4.07. The minimum atomic E-state index is -0.170. The van der Waals surface area contributed by atoms with Gasteiger partial charge in [-0.15, -0.1) is 0 Å². The summed E-state index contributed by atoms with van der Waals surface area (Å²) in [5.74, 6) is 1.16. The molecule has 3 aromatic rings. The van der Waals surface area contributed by atoms with Crippen molar-refractivity contribution in [2.45, 2.75) is 19.8 Å². The van der Waals surface area contributed by atoms with Gasteiger partial charge in [0.05, 0.1) is 0 Å². The van der Waals surface area contributed by atoms with Crippen LogP contribution in [-0.4, -0.2) is 11.7 Å². The lowest BCUT2D eigenvalue weighted by atomic mass is 10.1. The number of nitrogens with one attached hydrogen (secondary N) is 1. The predicted molar refractivity (Wildman–Crippen MR) is 106 cm³/mol. The van der Waals surface area contributed by atoms with E-state index in [9.17, 15) is 9.59 Å². The Hall–Kier alpha value is -3.40. The highest BCUT2D eigenvalue weighted by Crippen LogP contribution is 2.21. The van der Waals surface area contributed by atoms with Crippen molar-refractivity contribution in [1.82, 2.24) is 0 Å². The highest BCUT2D eigenvalue weighted by atomic mass is 16.5. The Kier molecular flexibility index (Phi) is 6.00. The summed E-state index contributed by atoms with van der Waals surface area (Å²) in [6.07, 6.45) is 0.311. The number of hydrogen-bond donors (Lipinski definition) is 1. The van der Waals surface area contributed by atoms with E-state index in [0.717, 1.165) is 17.0 Å². The van der Waals surface area contributed by atoms with E-state index in [-0.39, 0.29) is 24.5 Å². The molecule has 3 rings (SSSR count). The van der Waals surface area contributed by atoms with Crippen LogP contribution in [0.4, 0.5) is 5.69 Å². The number of amides is 1. The molecule has 0 aliphatic heterocycles. The molecule has 0 aliphatic carbocycles. The third-order valence-electron chi connectivity index (χ3n) is 4.07. The SMILES string of the molecule is Cc1ccc(NC(=O)CCC(=O)c2ccc(Oc3ccccc3)cc2)cc1. The lowest BCUT2D eigenvalue weighted by Crippen LogP contribution is -2.13. The van der Waals surface area contributed by atoms with Gasteiger partial charge < -0.3 is 10.1 Å². The maximum atomic E-state index is 12.3. The van der Waals surface area contributed by atoms with Crippen LogP contribution in [0, 0.1) is 6.92 Å². The van der Waals surface area contributed by atoms with Gasteiger partial charge >= 0.3 is 0 Å². The van der Waals surface area contributed by atoms with E-state index in [2.05, 4.69) is 5.32 Å². The fourth-order valence-electron chi connectivity index (χ4n) is 2.57. The van der Waals surface area contributed by atoms with Crippen LogP contribution in [-0.2, 0) is 4.79 Å². The quantitative estimate of drug-likeness (QED) is 0.576. The number of ether oxygens (including phenoxy) is 1. The van der Waals surface area contributed by atoms with Crippen LogP contribution in [0.3, 0.4) is 0 Å². The van der Waals surface area contributed by atoms with Crippen LogP contribution < -0.4 is 10.1 Å². The Labute approximate surface area is 158 Å². The van der Waals surface area contributed by atoms with Crippen molar-refractivity contribution in [3.63, 3.8) is 0 Å². The van der Waals surface area contributed by atoms with Gasteiger partial charge in [-0.2, -0.15) is 0 Å². The number of para-hydroxylation sites is 1. The van der Waals surface area contributed by atoms with Crippen LogP contribution in [0.25, 0.3) is 0 Å². The summed E-state index contributed by atoms with van der Waals surface area (Å²) in [7, 11) is 0. The molecule has 0 saturated carbocycles. The van der Waals surface area contributed by atoms with Crippen LogP contribution >= 0.6 is 0 Å². The first-order valence-electron chi connectivity index (χ1n) is 8.83. The summed E-state index contributed by atoms with van der Waals surface area (Å²) >= 11 is 0. The Balaban J connectivity index is 1.50.